The van der Waals surface area contributed by atoms with E-state index in [0.717, 1.165) is 109 Å². The van der Waals surface area contributed by atoms with Crippen molar-refractivity contribution in [1.82, 2.24) is 0 Å². The molecule has 0 aliphatic rings. The van der Waals surface area contributed by atoms with Crippen molar-refractivity contribution in [1.29, 1.82) is 0 Å². The minimum Gasteiger partial charge on any atom is -0.462 e. The van der Waals surface area contributed by atoms with Gasteiger partial charge in [-0.15, -0.1) is 0 Å². The van der Waals surface area contributed by atoms with E-state index in [1.54, 1.807) is 0 Å². The van der Waals surface area contributed by atoms with E-state index in [1.165, 1.54) is 180 Å². The number of carbonyl (C=O) groups is 3. The summed E-state index contributed by atoms with van der Waals surface area (Å²) in [6.07, 6.45) is 89.8. The second kappa shape index (κ2) is 66.8. The molecule has 0 rings (SSSR count). The van der Waals surface area contributed by atoms with Gasteiger partial charge < -0.3 is 14.2 Å². The highest BCUT2D eigenvalue weighted by Gasteiger charge is 2.19. The van der Waals surface area contributed by atoms with E-state index in [4.69, 9.17) is 14.2 Å². The topological polar surface area (TPSA) is 78.9 Å². The Hall–Kier alpha value is -3.67. The summed E-state index contributed by atoms with van der Waals surface area (Å²) < 4.78 is 17.0. The summed E-state index contributed by atoms with van der Waals surface area (Å²) in [7, 11) is 0. The van der Waals surface area contributed by atoms with Crippen LogP contribution in [0.15, 0.2) is 97.2 Å². The number of ether oxygens (including phenoxy) is 3. The third-order valence-corrected chi connectivity index (χ3v) is 14.5. The van der Waals surface area contributed by atoms with Crippen molar-refractivity contribution in [2.24, 2.45) is 0 Å². The predicted octanol–water partition coefficient (Wildman–Crippen LogP) is 23.2. The molecule has 0 fully saturated rings. The molecule has 0 aromatic rings. The summed E-state index contributed by atoms with van der Waals surface area (Å²) in [5, 5.41) is 0. The van der Waals surface area contributed by atoms with Crippen LogP contribution in [0.4, 0.5) is 0 Å². The van der Waals surface area contributed by atoms with Gasteiger partial charge in [0.15, 0.2) is 6.10 Å². The highest BCUT2D eigenvalue weighted by Crippen LogP contribution is 2.16. The van der Waals surface area contributed by atoms with Gasteiger partial charge in [0.25, 0.3) is 0 Å². The summed E-state index contributed by atoms with van der Waals surface area (Å²) in [4.78, 5) is 38.4. The Kier molecular flexibility index (Phi) is 63.7. The quantitative estimate of drug-likeness (QED) is 0.0261. The molecule has 1 atom stereocenters. The van der Waals surface area contributed by atoms with Gasteiger partial charge in [-0.25, -0.2) is 0 Å². The summed E-state index contributed by atoms with van der Waals surface area (Å²) in [5.41, 5.74) is 0. The molecule has 0 radical (unpaired) electrons. The fourth-order valence-electron chi connectivity index (χ4n) is 9.50. The SMILES string of the molecule is CC/C=C\C/C=C\C/C=C\C/C=C\C/C=C\C/C=C\CCCCCCCCCCC(=O)OCC(COC(=O)CCCCCCC/C=C\CCCCCCCCC)OC(=O)CCCCCCCCC/C=C\CCCCCCCCC. The lowest BCUT2D eigenvalue weighted by molar-refractivity contribution is -0.167. The van der Waals surface area contributed by atoms with Gasteiger partial charge in [0.2, 0.25) is 0 Å². The van der Waals surface area contributed by atoms with Crippen molar-refractivity contribution in [3.63, 3.8) is 0 Å². The maximum Gasteiger partial charge on any atom is 0.306 e. The molecule has 6 heteroatoms. The molecule has 0 heterocycles. The van der Waals surface area contributed by atoms with Gasteiger partial charge in [-0.1, -0.05) is 285 Å². The van der Waals surface area contributed by atoms with Crippen molar-refractivity contribution in [3.05, 3.63) is 97.2 Å². The van der Waals surface area contributed by atoms with E-state index in [1.807, 2.05) is 0 Å². The van der Waals surface area contributed by atoms with Crippen LogP contribution < -0.4 is 0 Å². The van der Waals surface area contributed by atoms with Gasteiger partial charge in [-0.2, -0.15) is 0 Å². The van der Waals surface area contributed by atoms with Gasteiger partial charge in [-0.3, -0.25) is 14.4 Å². The van der Waals surface area contributed by atoms with E-state index in [2.05, 4.69) is 118 Å². The lowest BCUT2D eigenvalue weighted by Crippen LogP contribution is -2.30. The fourth-order valence-corrected chi connectivity index (χ4v) is 9.50. The Bertz CT molecular complexity index is 1540. The van der Waals surface area contributed by atoms with E-state index in [-0.39, 0.29) is 31.1 Å². The first kappa shape index (κ1) is 75.3. The first-order chi connectivity index (χ1) is 39.0. The minimum atomic E-state index is -0.789. The van der Waals surface area contributed by atoms with Crippen molar-refractivity contribution in [2.45, 2.75) is 335 Å². The first-order valence-corrected chi connectivity index (χ1v) is 33.7. The molecule has 0 aromatic carbocycles. The van der Waals surface area contributed by atoms with E-state index in [0.29, 0.717) is 19.3 Å². The van der Waals surface area contributed by atoms with E-state index < -0.39 is 6.10 Å². The zero-order valence-corrected chi connectivity index (χ0v) is 52.1. The number of unbranched alkanes of at least 4 members (excludes halogenated alkanes) is 34. The third-order valence-electron chi connectivity index (χ3n) is 14.5. The van der Waals surface area contributed by atoms with Crippen molar-refractivity contribution >= 4 is 17.9 Å². The molecule has 0 bridgehead atoms. The van der Waals surface area contributed by atoms with Crippen LogP contribution in [0.2, 0.25) is 0 Å². The van der Waals surface area contributed by atoms with Gasteiger partial charge in [-0.05, 0) is 122 Å². The number of allylic oxidation sites excluding steroid dienone is 16. The molecule has 454 valence electrons. The molecule has 0 aliphatic heterocycles. The summed E-state index contributed by atoms with van der Waals surface area (Å²) in [6.45, 7) is 6.54. The van der Waals surface area contributed by atoms with Crippen molar-refractivity contribution < 1.29 is 28.6 Å². The maximum absolute atomic E-state index is 12.9. The molecule has 0 saturated carbocycles. The third kappa shape index (κ3) is 65.0. The van der Waals surface area contributed by atoms with Gasteiger partial charge >= 0.3 is 17.9 Å². The number of esters is 3. The van der Waals surface area contributed by atoms with Crippen LogP contribution in [0.25, 0.3) is 0 Å². The van der Waals surface area contributed by atoms with Crippen LogP contribution in [0.3, 0.4) is 0 Å². The normalized spacial score (nSPS) is 12.7. The van der Waals surface area contributed by atoms with Gasteiger partial charge in [0.1, 0.15) is 13.2 Å². The van der Waals surface area contributed by atoms with E-state index >= 15 is 0 Å². The zero-order valence-electron chi connectivity index (χ0n) is 52.1. The van der Waals surface area contributed by atoms with Crippen LogP contribution in [-0.4, -0.2) is 37.2 Å². The van der Waals surface area contributed by atoms with Crippen LogP contribution in [0, 0.1) is 0 Å². The second-order valence-electron chi connectivity index (χ2n) is 22.3. The Morgan fingerprint density at radius 3 is 0.785 bits per heavy atom. The monoisotopic (exact) mass is 1100 g/mol. The molecular weight excluding hydrogens is 973 g/mol. The Balaban J connectivity index is 4.37. The van der Waals surface area contributed by atoms with Gasteiger partial charge in [0.05, 0.1) is 0 Å². The summed E-state index contributed by atoms with van der Waals surface area (Å²) in [5.74, 6) is -0.892. The Morgan fingerprint density at radius 2 is 0.494 bits per heavy atom. The fraction of sp³-hybridized carbons (Fsp3) is 0.740. The number of hydrogen-bond donors (Lipinski definition) is 0. The summed E-state index contributed by atoms with van der Waals surface area (Å²) in [6, 6.07) is 0. The molecule has 6 nitrogen and oxygen atoms in total. The molecule has 0 amide bonds. The molecule has 0 aromatic heterocycles. The Morgan fingerprint density at radius 1 is 0.266 bits per heavy atom. The molecule has 0 saturated heterocycles. The first-order valence-electron chi connectivity index (χ1n) is 33.7. The van der Waals surface area contributed by atoms with Crippen molar-refractivity contribution in [2.75, 3.05) is 13.2 Å². The average molecular weight is 1100 g/mol. The molecule has 0 N–H and O–H groups in total. The van der Waals surface area contributed by atoms with Gasteiger partial charge in [0, 0.05) is 19.3 Å². The van der Waals surface area contributed by atoms with Crippen LogP contribution >= 0.6 is 0 Å². The lowest BCUT2D eigenvalue weighted by Gasteiger charge is -2.18. The smallest absolute Gasteiger partial charge is 0.306 e. The zero-order chi connectivity index (χ0) is 57.1. The van der Waals surface area contributed by atoms with Crippen LogP contribution in [-0.2, 0) is 28.6 Å². The maximum atomic E-state index is 12.9. The standard InChI is InChI=1S/C73H126O6/c1-4-7-10-13-16-19-22-25-28-31-33-34-35-36-37-38-39-40-41-43-45-48-51-54-57-60-63-66-72(75)78-69-70(68-77-71(74)65-62-59-56-53-50-47-44-30-27-24-21-18-15-12-9-6-3)79-73(76)67-64-61-58-55-52-49-46-42-32-29-26-23-20-17-14-11-8-5-2/h7,10,16,19,25,28-30,32-34,36-37,39-40,44,70H,4-6,8-9,11-15,17-18,20-24,26-27,31,35,38,41-43,45-69H2,1-3H3/b10-7-,19-16-,28-25-,32-29-,34-33-,37-36-,40-39-,44-30-. The minimum absolute atomic E-state index is 0.0846. The molecule has 0 aliphatic carbocycles. The summed E-state index contributed by atoms with van der Waals surface area (Å²) >= 11 is 0. The average Bonchev–Trinajstić information content (AvgIpc) is 3.45. The highest BCUT2D eigenvalue weighted by molar-refractivity contribution is 5.71. The second-order valence-corrected chi connectivity index (χ2v) is 22.3. The molecular formula is C73H126O6. The predicted molar refractivity (Wildman–Crippen MR) is 344 cm³/mol. The van der Waals surface area contributed by atoms with Crippen LogP contribution in [0.1, 0.15) is 329 Å². The lowest BCUT2D eigenvalue weighted by atomic mass is 10.1. The van der Waals surface area contributed by atoms with E-state index in [9.17, 15) is 14.4 Å². The number of carbonyl (C=O) groups excluding carboxylic acids is 3. The van der Waals surface area contributed by atoms with Crippen molar-refractivity contribution in [3.8, 4) is 0 Å². The molecule has 79 heavy (non-hydrogen) atoms. The van der Waals surface area contributed by atoms with Crippen LogP contribution in [0.5, 0.6) is 0 Å². The molecule has 0 spiro atoms. The Labute approximate surface area is 489 Å². The largest absolute Gasteiger partial charge is 0.462 e. The molecule has 1 unspecified atom stereocenters. The highest BCUT2D eigenvalue weighted by atomic mass is 16.6. The number of hydrogen-bond acceptors (Lipinski definition) is 6. The number of rotatable bonds is 61.